The SMILES string of the molecule is O=C1COCC2(CCCNC2)N1c1cccc(Cl)c1. The minimum Gasteiger partial charge on any atom is -0.369 e. The number of carbonyl (C=O) groups excluding carboxylic acids is 1. The number of halogens is 1. The Bertz CT molecular complexity index is 481. The Labute approximate surface area is 117 Å². The molecule has 2 aliphatic rings. The number of anilines is 1. The van der Waals surface area contributed by atoms with Crippen LogP contribution in [0.5, 0.6) is 0 Å². The summed E-state index contributed by atoms with van der Waals surface area (Å²) in [6.45, 7) is 2.50. The highest BCUT2D eigenvalue weighted by molar-refractivity contribution is 6.30. The van der Waals surface area contributed by atoms with Gasteiger partial charge in [0.05, 0.1) is 12.1 Å². The summed E-state index contributed by atoms with van der Waals surface area (Å²) in [6.07, 6.45) is 2.01. The van der Waals surface area contributed by atoms with Crippen molar-refractivity contribution in [3.63, 3.8) is 0 Å². The van der Waals surface area contributed by atoms with Gasteiger partial charge in [-0.25, -0.2) is 0 Å². The van der Waals surface area contributed by atoms with Crippen LogP contribution in [0.1, 0.15) is 12.8 Å². The second kappa shape index (κ2) is 5.12. The molecule has 4 nitrogen and oxygen atoms in total. The third-order valence-electron chi connectivity index (χ3n) is 3.84. The Hall–Kier alpha value is -1.10. The largest absolute Gasteiger partial charge is 0.369 e. The lowest BCUT2D eigenvalue weighted by molar-refractivity contribution is -0.130. The topological polar surface area (TPSA) is 41.6 Å². The van der Waals surface area contributed by atoms with Crippen LogP contribution in [0, 0.1) is 0 Å². The lowest BCUT2D eigenvalue weighted by atomic mass is 9.87. The number of amides is 1. The number of hydrogen-bond donors (Lipinski definition) is 1. The molecule has 1 N–H and O–H groups in total. The molecule has 102 valence electrons. The lowest BCUT2D eigenvalue weighted by Crippen LogP contribution is -2.66. The molecule has 0 bridgehead atoms. The van der Waals surface area contributed by atoms with Gasteiger partial charge in [-0.05, 0) is 37.6 Å². The molecule has 0 saturated carbocycles. The quantitative estimate of drug-likeness (QED) is 0.853. The van der Waals surface area contributed by atoms with Gasteiger partial charge in [0.25, 0.3) is 5.91 Å². The molecule has 1 aromatic carbocycles. The van der Waals surface area contributed by atoms with E-state index < -0.39 is 0 Å². The van der Waals surface area contributed by atoms with E-state index in [1.807, 2.05) is 29.2 Å². The molecule has 1 atom stereocenters. The second-order valence-electron chi connectivity index (χ2n) is 5.21. The Morgan fingerprint density at radius 2 is 2.32 bits per heavy atom. The highest BCUT2D eigenvalue weighted by atomic mass is 35.5. The van der Waals surface area contributed by atoms with Gasteiger partial charge in [0.15, 0.2) is 0 Å². The molecule has 0 aliphatic carbocycles. The van der Waals surface area contributed by atoms with Crippen molar-refractivity contribution < 1.29 is 9.53 Å². The van der Waals surface area contributed by atoms with E-state index >= 15 is 0 Å². The minimum atomic E-state index is -0.266. The van der Waals surface area contributed by atoms with Crippen LogP contribution in [-0.2, 0) is 9.53 Å². The molecule has 1 amide bonds. The van der Waals surface area contributed by atoms with Gasteiger partial charge in [-0.3, -0.25) is 4.79 Å². The van der Waals surface area contributed by atoms with Crippen LogP contribution in [0.25, 0.3) is 0 Å². The Morgan fingerprint density at radius 1 is 1.42 bits per heavy atom. The zero-order chi connectivity index (χ0) is 13.3. The number of nitrogens with one attached hydrogen (secondary N) is 1. The number of nitrogens with zero attached hydrogens (tertiary/aromatic N) is 1. The third kappa shape index (κ3) is 2.36. The first-order valence-electron chi connectivity index (χ1n) is 6.58. The maximum atomic E-state index is 12.3. The molecule has 2 fully saturated rings. The van der Waals surface area contributed by atoms with Crippen molar-refractivity contribution in [2.75, 3.05) is 31.2 Å². The van der Waals surface area contributed by atoms with E-state index in [9.17, 15) is 4.79 Å². The molecular weight excluding hydrogens is 264 g/mol. The van der Waals surface area contributed by atoms with Crippen LogP contribution >= 0.6 is 11.6 Å². The van der Waals surface area contributed by atoms with Gasteiger partial charge < -0.3 is 15.0 Å². The Kier molecular flexibility index (Phi) is 3.48. The Morgan fingerprint density at radius 3 is 3.05 bits per heavy atom. The average Bonchev–Trinajstić information content (AvgIpc) is 2.39. The van der Waals surface area contributed by atoms with Crippen molar-refractivity contribution in [2.24, 2.45) is 0 Å². The van der Waals surface area contributed by atoms with Crippen molar-refractivity contribution in [1.29, 1.82) is 0 Å². The fourth-order valence-corrected chi connectivity index (χ4v) is 3.21. The minimum absolute atomic E-state index is 0.0113. The third-order valence-corrected chi connectivity index (χ3v) is 4.07. The van der Waals surface area contributed by atoms with Crippen LogP contribution in [0.15, 0.2) is 24.3 Å². The molecule has 2 saturated heterocycles. The van der Waals surface area contributed by atoms with Gasteiger partial charge in [0.2, 0.25) is 0 Å². The summed E-state index contributed by atoms with van der Waals surface area (Å²) in [5, 5.41) is 4.02. The summed E-state index contributed by atoms with van der Waals surface area (Å²) in [7, 11) is 0. The molecule has 19 heavy (non-hydrogen) atoms. The number of piperidine rings is 1. The maximum absolute atomic E-state index is 12.3. The first-order chi connectivity index (χ1) is 9.21. The molecule has 5 heteroatoms. The van der Waals surface area contributed by atoms with Crippen molar-refractivity contribution in [1.82, 2.24) is 5.32 Å². The molecular formula is C14H17ClN2O2. The molecule has 0 radical (unpaired) electrons. The van der Waals surface area contributed by atoms with Crippen LogP contribution in [-0.4, -0.2) is 37.7 Å². The van der Waals surface area contributed by atoms with Gasteiger partial charge in [-0.15, -0.1) is 0 Å². The van der Waals surface area contributed by atoms with Crippen molar-refractivity contribution in [3.05, 3.63) is 29.3 Å². The van der Waals surface area contributed by atoms with E-state index in [0.717, 1.165) is 31.6 Å². The van der Waals surface area contributed by atoms with Crippen molar-refractivity contribution in [2.45, 2.75) is 18.4 Å². The van der Waals surface area contributed by atoms with Gasteiger partial charge in [-0.1, -0.05) is 17.7 Å². The number of morpholine rings is 1. The fraction of sp³-hybridized carbons (Fsp3) is 0.500. The van der Waals surface area contributed by atoms with Crippen LogP contribution in [0.2, 0.25) is 5.02 Å². The van der Waals surface area contributed by atoms with Gasteiger partial charge in [0, 0.05) is 17.3 Å². The van der Waals surface area contributed by atoms with Gasteiger partial charge >= 0.3 is 0 Å². The first-order valence-corrected chi connectivity index (χ1v) is 6.96. The first kappa shape index (κ1) is 12.9. The van der Waals surface area contributed by atoms with Crippen molar-refractivity contribution in [3.8, 4) is 0 Å². The molecule has 1 unspecified atom stereocenters. The van der Waals surface area contributed by atoms with Gasteiger partial charge in [0.1, 0.15) is 6.61 Å². The molecule has 2 heterocycles. The number of benzene rings is 1. The molecule has 1 aromatic rings. The van der Waals surface area contributed by atoms with Crippen LogP contribution < -0.4 is 10.2 Å². The molecule has 3 rings (SSSR count). The highest BCUT2D eigenvalue weighted by Crippen LogP contribution is 2.33. The molecule has 1 spiro atoms. The number of rotatable bonds is 1. The smallest absolute Gasteiger partial charge is 0.253 e. The lowest BCUT2D eigenvalue weighted by Gasteiger charge is -2.48. The Balaban J connectivity index is 2.00. The standard InChI is InChI=1S/C14H17ClN2O2/c15-11-3-1-4-12(7-11)17-13(18)8-19-10-14(17)5-2-6-16-9-14/h1,3-4,7,16H,2,5-6,8-10H2. The monoisotopic (exact) mass is 280 g/mol. The maximum Gasteiger partial charge on any atom is 0.253 e. The van der Waals surface area contributed by atoms with Crippen LogP contribution in [0.4, 0.5) is 5.69 Å². The predicted molar refractivity (Wildman–Crippen MR) is 74.6 cm³/mol. The van der Waals surface area contributed by atoms with E-state index in [1.54, 1.807) is 0 Å². The second-order valence-corrected chi connectivity index (χ2v) is 5.64. The zero-order valence-electron chi connectivity index (χ0n) is 10.7. The highest BCUT2D eigenvalue weighted by Gasteiger charge is 2.44. The summed E-state index contributed by atoms with van der Waals surface area (Å²) in [5.41, 5.74) is 0.600. The van der Waals surface area contributed by atoms with E-state index in [1.165, 1.54) is 0 Å². The summed E-state index contributed by atoms with van der Waals surface area (Å²) < 4.78 is 5.49. The number of hydrogen-bond acceptors (Lipinski definition) is 3. The molecule has 2 aliphatic heterocycles. The van der Waals surface area contributed by atoms with E-state index in [0.29, 0.717) is 11.6 Å². The van der Waals surface area contributed by atoms with Gasteiger partial charge in [-0.2, -0.15) is 0 Å². The number of ether oxygens (including phenoxy) is 1. The van der Waals surface area contributed by atoms with E-state index in [4.69, 9.17) is 16.3 Å². The summed E-state index contributed by atoms with van der Waals surface area (Å²) in [6, 6.07) is 7.48. The summed E-state index contributed by atoms with van der Waals surface area (Å²) >= 11 is 6.05. The summed E-state index contributed by atoms with van der Waals surface area (Å²) in [5.74, 6) is 0.0113. The molecule has 0 aromatic heterocycles. The number of carbonyl (C=O) groups is 1. The normalized spacial score (nSPS) is 27.8. The summed E-state index contributed by atoms with van der Waals surface area (Å²) in [4.78, 5) is 14.2. The van der Waals surface area contributed by atoms with E-state index in [-0.39, 0.29) is 18.1 Å². The fourth-order valence-electron chi connectivity index (χ4n) is 3.02. The van der Waals surface area contributed by atoms with E-state index in [2.05, 4.69) is 5.32 Å². The zero-order valence-corrected chi connectivity index (χ0v) is 11.4. The van der Waals surface area contributed by atoms with Crippen molar-refractivity contribution >= 4 is 23.2 Å². The predicted octanol–water partition coefficient (Wildman–Crippen LogP) is 1.83. The average molecular weight is 281 g/mol. The van der Waals surface area contributed by atoms with Crippen LogP contribution in [0.3, 0.4) is 0 Å².